The summed E-state index contributed by atoms with van der Waals surface area (Å²) in [5, 5.41) is 11.3. The molecule has 4 rings (SSSR count). The smallest absolute Gasteiger partial charge is 0.344 e. The molecule has 0 radical (unpaired) electrons. The molecular weight excluding hydrogens is 246 g/mol. The summed E-state index contributed by atoms with van der Waals surface area (Å²) in [5.74, 6) is 0. The van der Waals surface area contributed by atoms with Crippen LogP contribution in [0.25, 0.3) is 32.8 Å². The van der Waals surface area contributed by atoms with Crippen LogP contribution in [-0.2, 0) is 0 Å². The number of nitrogens with zero attached hydrogens (tertiary/aromatic N) is 1. The predicted molar refractivity (Wildman–Crippen MR) is 70.3 cm³/mol. The summed E-state index contributed by atoms with van der Waals surface area (Å²) < 4.78 is 5.25. The van der Waals surface area contributed by atoms with E-state index in [0.717, 1.165) is 10.9 Å². The Morgan fingerprint density at radius 1 is 1.00 bits per heavy atom. The molecule has 0 amide bonds. The van der Waals surface area contributed by atoms with E-state index < -0.39 is 5.63 Å². The first-order chi connectivity index (χ1) is 9.22. The lowest BCUT2D eigenvalue weighted by Gasteiger charge is -2.01. The van der Waals surface area contributed by atoms with Crippen molar-refractivity contribution >= 4 is 32.8 Å². The third-order valence-electron chi connectivity index (χ3n) is 3.17. The molecule has 0 saturated heterocycles. The molecule has 0 fully saturated rings. The molecule has 0 spiro atoms. The van der Waals surface area contributed by atoms with Crippen LogP contribution in [0.1, 0.15) is 0 Å². The number of hydrogen-bond donors (Lipinski definition) is 2. The van der Waals surface area contributed by atoms with E-state index >= 15 is 0 Å². The molecule has 6 heteroatoms. The quantitative estimate of drug-likeness (QED) is 0.367. The van der Waals surface area contributed by atoms with Crippen LogP contribution in [0.3, 0.4) is 0 Å². The first-order valence-corrected chi connectivity index (χ1v) is 5.66. The first-order valence-electron chi connectivity index (χ1n) is 5.66. The lowest BCUT2D eigenvalue weighted by atomic mass is 10.1. The van der Waals surface area contributed by atoms with Gasteiger partial charge in [0.15, 0.2) is 5.43 Å². The van der Waals surface area contributed by atoms with E-state index in [1.54, 1.807) is 12.1 Å². The van der Waals surface area contributed by atoms with E-state index in [1.807, 2.05) is 6.07 Å². The molecule has 2 heterocycles. The van der Waals surface area contributed by atoms with Crippen LogP contribution in [0.2, 0.25) is 0 Å². The molecular formula is C13H7N3O3. The Kier molecular flexibility index (Phi) is 1.76. The van der Waals surface area contributed by atoms with Gasteiger partial charge < -0.3 is 4.42 Å². The average molecular weight is 253 g/mol. The minimum absolute atomic E-state index is 0.213. The van der Waals surface area contributed by atoms with E-state index in [0.29, 0.717) is 21.9 Å². The molecule has 2 N–H and O–H groups in total. The number of rotatable bonds is 0. The van der Waals surface area contributed by atoms with Crippen molar-refractivity contribution in [3.63, 3.8) is 0 Å². The zero-order chi connectivity index (χ0) is 13.0. The molecule has 0 aliphatic rings. The molecule has 0 aliphatic heterocycles. The van der Waals surface area contributed by atoms with E-state index in [9.17, 15) is 9.59 Å². The number of benzene rings is 2. The van der Waals surface area contributed by atoms with Crippen molar-refractivity contribution < 1.29 is 4.42 Å². The summed E-state index contributed by atoms with van der Waals surface area (Å²) >= 11 is 0. The van der Waals surface area contributed by atoms with Crippen LogP contribution in [0, 0.1) is 0 Å². The Morgan fingerprint density at radius 2 is 1.89 bits per heavy atom. The zero-order valence-corrected chi connectivity index (χ0v) is 9.56. The van der Waals surface area contributed by atoms with Crippen LogP contribution in [0.5, 0.6) is 0 Å². The van der Waals surface area contributed by atoms with Gasteiger partial charge in [-0.1, -0.05) is 0 Å². The topological polar surface area (TPSA) is 91.8 Å². The van der Waals surface area contributed by atoms with Crippen molar-refractivity contribution in [2.24, 2.45) is 0 Å². The van der Waals surface area contributed by atoms with Crippen molar-refractivity contribution in [3.8, 4) is 0 Å². The first kappa shape index (κ1) is 10.1. The van der Waals surface area contributed by atoms with E-state index in [2.05, 4.69) is 15.4 Å². The SMILES string of the molecule is O=c1ccc2c(c1)c(=O)oc1cc3n[nH][nH]c3cc12. The second-order valence-corrected chi connectivity index (χ2v) is 4.31. The highest BCUT2D eigenvalue weighted by Crippen LogP contribution is 2.25. The van der Waals surface area contributed by atoms with Gasteiger partial charge in [0.1, 0.15) is 11.1 Å². The Labute approximate surface area is 104 Å². The number of H-pyrrole nitrogens is 2. The highest BCUT2D eigenvalue weighted by atomic mass is 16.4. The molecule has 2 aromatic carbocycles. The highest BCUT2D eigenvalue weighted by molar-refractivity contribution is 6.07. The summed E-state index contributed by atoms with van der Waals surface area (Å²) in [6.07, 6.45) is 0. The maximum absolute atomic E-state index is 11.9. The maximum Gasteiger partial charge on any atom is 0.344 e. The summed E-state index contributed by atoms with van der Waals surface area (Å²) in [7, 11) is 0. The molecule has 4 aromatic rings. The van der Waals surface area contributed by atoms with E-state index in [1.165, 1.54) is 12.1 Å². The van der Waals surface area contributed by atoms with Gasteiger partial charge in [-0.05, 0) is 18.2 Å². The molecule has 0 saturated carbocycles. The van der Waals surface area contributed by atoms with Crippen LogP contribution in [0.4, 0.5) is 0 Å². The Morgan fingerprint density at radius 3 is 2.79 bits per heavy atom. The number of nitrogens with one attached hydrogen (secondary N) is 2. The number of aromatic nitrogens is 3. The van der Waals surface area contributed by atoms with Gasteiger partial charge in [-0.25, -0.2) is 10.0 Å². The van der Waals surface area contributed by atoms with Gasteiger partial charge in [0.2, 0.25) is 0 Å². The molecule has 6 nitrogen and oxygen atoms in total. The van der Waals surface area contributed by atoms with Gasteiger partial charge in [-0.15, -0.1) is 0 Å². The third-order valence-corrected chi connectivity index (χ3v) is 3.17. The van der Waals surface area contributed by atoms with Crippen LogP contribution in [-0.4, -0.2) is 15.4 Å². The molecule has 2 aromatic heterocycles. The fraction of sp³-hybridized carbons (Fsp3) is 0. The number of fused-ring (bicyclic) bond motifs is 4. The van der Waals surface area contributed by atoms with Crippen molar-refractivity contribution in [2.45, 2.75) is 0 Å². The minimum Gasteiger partial charge on any atom is -0.422 e. The molecule has 92 valence electrons. The summed E-state index contributed by atoms with van der Waals surface area (Å²) in [5.41, 5.74) is 1.20. The number of aromatic amines is 2. The number of hydrogen-bond acceptors (Lipinski definition) is 4. The molecule has 0 bridgehead atoms. The average Bonchev–Trinajstić information content (AvgIpc) is 2.84. The van der Waals surface area contributed by atoms with Crippen LogP contribution in [0.15, 0.2) is 44.3 Å². The second kappa shape index (κ2) is 3.32. The van der Waals surface area contributed by atoms with Gasteiger partial charge >= 0.3 is 5.63 Å². The molecule has 0 aliphatic carbocycles. The van der Waals surface area contributed by atoms with Crippen molar-refractivity contribution in [1.29, 1.82) is 0 Å². The fourth-order valence-corrected chi connectivity index (χ4v) is 2.29. The monoisotopic (exact) mass is 253 g/mol. The van der Waals surface area contributed by atoms with E-state index in [4.69, 9.17) is 4.42 Å². The minimum atomic E-state index is -0.515. The normalized spacial score (nSPS) is 11.6. The zero-order valence-electron chi connectivity index (χ0n) is 9.56. The maximum atomic E-state index is 11.9. The van der Waals surface area contributed by atoms with Gasteiger partial charge in [-0.3, -0.25) is 9.89 Å². The van der Waals surface area contributed by atoms with Crippen LogP contribution >= 0.6 is 0 Å². The lowest BCUT2D eigenvalue weighted by molar-refractivity contribution is 0.570. The predicted octanol–water partition coefficient (Wildman–Crippen LogP) is 1.51. The summed E-state index contributed by atoms with van der Waals surface area (Å²) in [4.78, 5) is 23.2. The Hall–Kier alpha value is -2.89. The third kappa shape index (κ3) is 1.33. The van der Waals surface area contributed by atoms with Crippen molar-refractivity contribution in [3.05, 3.63) is 51.0 Å². The van der Waals surface area contributed by atoms with Gasteiger partial charge in [0.05, 0.1) is 10.9 Å². The molecule has 19 heavy (non-hydrogen) atoms. The Bertz CT molecular complexity index is 1060. The lowest BCUT2D eigenvalue weighted by Crippen LogP contribution is -2.04. The van der Waals surface area contributed by atoms with Gasteiger partial charge in [0.25, 0.3) is 0 Å². The van der Waals surface area contributed by atoms with Crippen molar-refractivity contribution in [2.75, 3.05) is 0 Å². The standard InChI is InChI=1S/C13H7N3O3/c17-6-1-2-7-8-4-10-11(15-16-14-10)5-12(8)19-13(18)9(7)3-6/h1-5,14,16H. The van der Waals surface area contributed by atoms with Gasteiger partial charge in [-0.2, -0.15) is 5.10 Å². The Balaban J connectivity index is 2.35. The second-order valence-electron chi connectivity index (χ2n) is 4.31. The molecule has 0 unspecified atom stereocenters. The van der Waals surface area contributed by atoms with Crippen molar-refractivity contribution in [1.82, 2.24) is 15.4 Å². The summed E-state index contributed by atoms with van der Waals surface area (Å²) in [6.45, 7) is 0. The highest BCUT2D eigenvalue weighted by Gasteiger charge is 2.09. The van der Waals surface area contributed by atoms with Crippen LogP contribution < -0.4 is 11.1 Å². The van der Waals surface area contributed by atoms with Gasteiger partial charge in [0, 0.05) is 22.9 Å². The largest absolute Gasteiger partial charge is 0.422 e. The van der Waals surface area contributed by atoms with E-state index in [-0.39, 0.29) is 5.43 Å². The summed E-state index contributed by atoms with van der Waals surface area (Å²) in [6, 6.07) is 7.89. The fourth-order valence-electron chi connectivity index (χ4n) is 2.29. The molecule has 0 atom stereocenters.